The molecule has 23 heavy (non-hydrogen) atoms. The van der Waals surface area contributed by atoms with Crippen molar-refractivity contribution in [2.45, 2.75) is 32.1 Å². The first kappa shape index (κ1) is 15.7. The second-order valence-corrected chi connectivity index (χ2v) is 5.84. The van der Waals surface area contributed by atoms with Crippen LogP contribution in [0.4, 0.5) is 0 Å². The summed E-state index contributed by atoms with van der Waals surface area (Å²) < 4.78 is 10.3. The van der Waals surface area contributed by atoms with Gasteiger partial charge in [0.25, 0.3) is 0 Å². The van der Waals surface area contributed by atoms with Crippen molar-refractivity contribution < 1.29 is 13.7 Å². The zero-order chi connectivity index (χ0) is 15.9. The fraction of sp³-hybridized carbons (Fsp3) is 0.562. The molecule has 1 aliphatic rings. The molecule has 1 aliphatic heterocycles. The third-order valence-corrected chi connectivity index (χ3v) is 4.05. The predicted molar refractivity (Wildman–Crippen MR) is 83.5 cm³/mol. The number of nitrogens with zero attached hydrogens (tertiary/aromatic N) is 2. The molecule has 0 bridgehead atoms. The first-order valence-electron chi connectivity index (χ1n) is 8.15. The number of furan rings is 1. The third-order valence-electron chi connectivity index (χ3n) is 4.05. The van der Waals surface area contributed by atoms with E-state index in [0.717, 1.165) is 26.1 Å². The van der Waals surface area contributed by atoms with Gasteiger partial charge in [0.05, 0.1) is 6.26 Å². The Morgan fingerprint density at radius 3 is 3.22 bits per heavy atom. The van der Waals surface area contributed by atoms with E-state index in [1.165, 1.54) is 12.8 Å². The van der Waals surface area contributed by atoms with Crippen LogP contribution < -0.4 is 10.6 Å². The van der Waals surface area contributed by atoms with Gasteiger partial charge in [0.15, 0.2) is 5.76 Å². The van der Waals surface area contributed by atoms with Crippen LogP contribution >= 0.6 is 0 Å². The van der Waals surface area contributed by atoms with Gasteiger partial charge in [0.2, 0.25) is 17.6 Å². The van der Waals surface area contributed by atoms with E-state index in [1.54, 1.807) is 18.4 Å². The number of hydrogen-bond acceptors (Lipinski definition) is 6. The van der Waals surface area contributed by atoms with Gasteiger partial charge in [-0.2, -0.15) is 4.98 Å². The van der Waals surface area contributed by atoms with E-state index in [-0.39, 0.29) is 5.91 Å². The van der Waals surface area contributed by atoms with E-state index in [9.17, 15) is 4.79 Å². The van der Waals surface area contributed by atoms with E-state index in [2.05, 4.69) is 20.8 Å². The number of carbonyl (C=O) groups excluding carboxylic acids is 1. The molecule has 2 N–H and O–H groups in total. The number of carbonyl (C=O) groups is 1. The second kappa shape index (κ2) is 7.92. The minimum atomic E-state index is 0.0199. The summed E-state index contributed by atoms with van der Waals surface area (Å²) in [6, 6.07) is 3.53. The summed E-state index contributed by atoms with van der Waals surface area (Å²) in [5.74, 6) is 2.12. The summed E-state index contributed by atoms with van der Waals surface area (Å²) >= 11 is 0. The summed E-state index contributed by atoms with van der Waals surface area (Å²) in [5.41, 5.74) is 0. The van der Waals surface area contributed by atoms with Crippen molar-refractivity contribution in [3.05, 3.63) is 24.3 Å². The number of hydrogen-bond donors (Lipinski definition) is 2. The van der Waals surface area contributed by atoms with Crippen molar-refractivity contribution in [2.24, 2.45) is 5.92 Å². The van der Waals surface area contributed by atoms with Gasteiger partial charge >= 0.3 is 0 Å². The zero-order valence-electron chi connectivity index (χ0n) is 13.1. The normalized spacial score (nSPS) is 18.0. The van der Waals surface area contributed by atoms with Crippen molar-refractivity contribution >= 4 is 5.91 Å². The summed E-state index contributed by atoms with van der Waals surface area (Å²) in [7, 11) is 0. The maximum atomic E-state index is 11.9. The van der Waals surface area contributed by atoms with Crippen LogP contribution in [0.25, 0.3) is 11.6 Å². The molecule has 1 unspecified atom stereocenters. The van der Waals surface area contributed by atoms with E-state index in [4.69, 9.17) is 8.94 Å². The number of amides is 1. The smallest absolute Gasteiger partial charge is 0.238 e. The minimum absolute atomic E-state index is 0.0199. The Morgan fingerprint density at radius 1 is 1.48 bits per heavy atom. The SMILES string of the molecule is O=C(CCc1nc(-c2ccco2)no1)NCCC1CCCNC1. The first-order valence-corrected chi connectivity index (χ1v) is 8.15. The molecule has 0 aromatic carbocycles. The molecular formula is C16H22N4O3. The first-order chi connectivity index (χ1) is 11.3. The number of rotatable bonds is 7. The van der Waals surface area contributed by atoms with Gasteiger partial charge in [0.1, 0.15) is 0 Å². The van der Waals surface area contributed by atoms with Crippen LogP contribution in [-0.4, -0.2) is 35.7 Å². The molecule has 0 radical (unpaired) electrons. The Labute approximate surface area is 134 Å². The molecule has 0 aliphatic carbocycles. The lowest BCUT2D eigenvalue weighted by Gasteiger charge is -2.22. The molecule has 2 aromatic rings. The highest BCUT2D eigenvalue weighted by atomic mass is 16.5. The topological polar surface area (TPSA) is 93.2 Å². The van der Waals surface area contributed by atoms with E-state index in [0.29, 0.717) is 36.2 Å². The summed E-state index contributed by atoms with van der Waals surface area (Å²) in [6.45, 7) is 2.91. The lowest BCUT2D eigenvalue weighted by molar-refractivity contribution is -0.121. The van der Waals surface area contributed by atoms with E-state index >= 15 is 0 Å². The molecule has 1 atom stereocenters. The van der Waals surface area contributed by atoms with Crippen molar-refractivity contribution in [1.82, 2.24) is 20.8 Å². The predicted octanol–water partition coefficient (Wildman–Crippen LogP) is 1.77. The highest BCUT2D eigenvalue weighted by molar-refractivity contribution is 5.75. The van der Waals surface area contributed by atoms with Gasteiger partial charge in [-0.25, -0.2) is 0 Å². The molecule has 3 heterocycles. The maximum absolute atomic E-state index is 11.9. The van der Waals surface area contributed by atoms with Crippen LogP contribution in [0.2, 0.25) is 0 Å². The van der Waals surface area contributed by atoms with Crippen LogP contribution in [0, 0.1) is 5.92 Å². The van der Waals surface area contributed by atoms with Crippen LogP contribution in [0.1, 0.15) is 31.6 Å². The zero-order valence-corrected chi connectivity index (χ0v) is 13.1. The van der Waals surface area contributed by atoms with Crippen LogP contribution in [0.15, 0.2) is 27.3 Å². The van der Waals surface area contributed by atoms with Gasteiger partial charge in [0, 0.05) is 19.4 Å². The molecule has 7 nitrogen and oxygen atoms in total. The molecule has 0 spiro atoms. The van der Waals surface area contributed by atoms with Crippen molar-refractivity contribution in [1.29, 1.82) is 0 Å². The quantitative estimate of drug-likeness (QED) is 0.808. The maximum Gasteiger partial charge on any atom is 0.238 e. The Kier molecular flexibility index (Phi) is 5.42. The Bertz CT molecular complexity index is 603. The third kappa shape index (κ3) is 4.66. The second-order valence-electron chi connectivity index (χ2n) is 5.84. The lowest BCUT2D eigenvalue weighted by Crippen LogP contribution is -2.33. The van der Waals surface area contributed by atoms with Crippen LogP contribution in [-0.2, 0) is 11.2 Å². The van der Waals surface area contributed by atoms with Gasteiger partial charge in [-0.3, -0.25) is 4.79 Å². The van der Waals surface area contributed by atoms with E-state index < -0.39 is 0 Å². The Balaban J connectivity index is 1.35. The van der Waals surface area contributed by atoms with Crippen molar-refractivity contribution in [2.75, 3.05) is 19.6 Å². The Morgan fingerprint density at radius 2 is 2.43 bits per heavy atom. The largest absolute Gasteiger partial charge is 0.461 e. The Hall–Kier alpha value is -2.15. The van der Waals surface area contributed by atoms with Crippen molar-refractivity contribution in [3.8, 4) is 11.6 Å². The number of aryl methyl sites for hydroxylation is 1. The molecule has 0 saturated carbocycles. The van der Waals surface area contributed by atoms with E-state index in [1.807, 2.05) is 0 Å². The highest BCUT2D eigenvalue weighted by Crippen LogP contribution is 2.16. The number of piperidine rings is 1. The number of aromatic nitrogens is 2. The van der Waals surface area contributed by atoms with Crippen LogP contribution in [0.5, 0.6) is 0 Å². The monoisotopic (exact) mass is 318 g/mol. The molecule has 1 fully saturated rings. The molecule has 2 aromatic heterocycles. The molecular weight excluding hydrogens is 296 g/mol. The fourth-order valence-corrected chi connectivity index (χ4v) is 2.76. The molecule has 7 heteroatoms. The van der Waals surface area contributed by atoms with Crippen LogP contribution in [0.3, 0.4) is 0 Å². The van der Waals surface area contributed by atoms with Gasteiger partial charge in [-0.1, -0.05) is 5.16 Å². The molecule has 3 rings (SSSR count). The fourth-order valence-electron chi connectivity index (χ4n) is 2.76. The highest BCUT2D eigenvalue weighted by Gasteiger charge is 2.14. The standard InChI is InChI=1S/C16H22N4O3/c21-14(18-9-7-12-3-1-8-17-11-12)5-6-15-19-16(20-23-15)13-4-2-10-22-13/h2,4,10,12,17H,1,3,5-9,11H2,(H,18,21). The minimum Gasteiger partial charge on any atom is -0.461 e. The molecule has 1 saturated heterocycles. The van der Waals surface area contributed by atoms with Gasteiger partial charge < -0.3 is 19.6 Å². The average Bonchev–Trinajstić information content (AvgIpc) is 3.25. The summed E-state index contributed by atoms with van der Waals surface area (Å²) in [4.78, 5) is 16.1. The molecule has 1 amide bonds. The molecule has 124 valence electrons. The number of nitrogens with one attached hydrogen (secondary N) is 2. The van der Waals surface area contributed by atoms with Gasteiger partial charge in [-0.15, -0.1) is 0 Å². The summed E-state index contributed by atoms with van der Waals surface area (Å²) in [5, 5.41) is 10.2. The lowest BCUT2D eigenvalue weighted by atomic mass is 9.96. The van der Waals surface area contributed by atoms with Crippen molar-refractivity contribution in [3.63, 3.8) is 0 Å². The summed E-state index contributed by atoms with van der Waals surface area (Å²) in [6.07, 6.45) is 5.85. The van der Waals surface area contributed by atoms with Gasteiger partial charge in [-0.05, 0) is 50.4 Å². The average molecular weight is 318 g/mol.